The zero-order valence-corrected chi connectivity index (χ0v) is 23.3. The molecule has 0 unspecified atom stereocenters. The van der Waals surface area contributed by atoms with Gasteiger partial charge in [0.2, 0.25) is 10.0 Å². The van der Waals surface area contributed by atoms with Crippen molar-refractivity contribution in [3.05, 3.63) is 58.1 Å². The lowest BCUT2D eigenvalue weighted by Crippen LogP contribution is -2.44. The summed E-state index contributed by atoms with van der Waals surface area (Å²) in [6, 6.07) is 11.1. The van der Waals surface area contributed by atoms with Gasteiger partial charge in [0.25, 0.3) is 5.91 Å². The summed E-state index contributed by atoms with van der Waals surface area (Å²) in [7, 11) is -3.75. The molecule has 3 aliphatic rings. The second kappa shape index (κ2) is 11.8. The highest BCUT2D eigenvalue weighted by molar-refractivity contribution is 7.90. The molecule has 1 amide bonds. The lowest BCUT2D eigenvalue weighted by atomic mass is 9.69. The first-order chi connectivity index (χ1) is 18.3. The maximum absolute atomic E-state index is 13.0. The van der Waals surface area contributed by atoms with E-state index < -0.39 is 15.9 Å². The van der Waals surface area contributed by atoms with Gasteiger partial charge in [-0.3, -0.25) is 4.79 Å². The van der Waals surface area contributed by atoms with Crippen molar-refractivity contribution in [3.63, 3.8) is 0 Å². The number of carbonyl (C=O) groups excluding carboxylic acids is 1. The zero-order chi connectivity index (χ0) is 26.7. The Balaban J connectivity index is 1.51. The quantitative estimate of drug-likeness (QED) is 0.466. The van der Waals surface area contributed by atoms with Crippen LogP contribution in [-0.2, 0) is 23.1 Å². The van der Waals surface area contributed by atoms with Gasteiger partial charge < -0.3 is 14.7 Å². The SMILES string of the molecule is O=C1NS(=O)(=O)CCCCC[C@H](O)[C@@H]2CC[C@H]2CN2CCCCc3cc(Cl)ccc3COc3ccc1cc32. The van der Waals surface area contributed by atoms with Crippen LogP contribution in [0.4, 0.5) is 5.69 Å². The Morgan fingerprint density at radius 2 is 1.84 bits per heavy atom. The molecule has 0 aromatic heterocycles. The summed E-state index contributed by atoms with van der Waals surface area (Å²) in [5, 5.41) is 11.6. The number of amides is 1. The van der Waals surface area contributed by atoms with Gasteiger partial charge in [0, 0.05) is 23.7 Å². The number of halogens is 1. The molecule has 2 bridgehead atoms. The van der Waals surface area contributed by atoms with Crippen molar-refractivity contribution in [1.29, 1.82) is 0 Å². The van der Waals surface area contributed by atoms with E-state index in [4.69, 9.17) is 16.3 Å². The van der Waals surface area contributed by atoms with Crippen molar-refractivity contribution in [2.45, 2.75) is 70.5 Å². The summed E-state index contributed by atoms with van der Waals surface area (Å²) in [6.45, 7) is 1.91. The largest absolute Gasteiger partial charge is 0.487 e. The number of hydrogen-bond acceptors (Lipinski definition) is 6. The number of sulfonamides is 1. The molecule has 9 heteroatoms. The third-order valence-electron chi connectivity index (χ3n) is 8.32. The van der Waals surface area contributed by atoms with E-state index in [1.165, 1.54) is 5.56 Å². The number of benzene rings is 2. The van der Waals surface area contributed by atoms with E-state index in [1.54, 1.807) is 18.2 Å². The average Bonchev–Trinajstić information content (AvgIpc) is 2.88. The first-order valence-electron chi connectivity index (χ1n) is 13.8. The summed E-state index contributed by atoms with van der Waals surface area (Å²) in [6.07, 6.45) is 7.15. The van der Waals surface area contributed by atoms with Gasteiger partial charge in [-0.15, -0.1) is 0 Å². The van der Waals surface area contributed by atoms with E-state index in [9.17, 15) is 18.3 Å². The monoisotopic (exact) mass is 560 g/mol. The highest BCUT2D eigenvalue weighted by atomic mass is 35.5. The van der Waals surface area contributed by atoms with Crippen LogP contribution < -0.4 is 14.4 Å². The van der Waals surface area contributed by atoms with Crippen LogP contribution in [0.15, 0.2) is 36.4 Å². The fourth-order valence-corrected chi connectivity index (χ4v) is 7.26. The van der Waals surface area contributed by atoms with Crippen molar-refractivity contribution < 1.29 is 23.1 Å². The molecule has 0 radical (unpaired) electrons. The Hall–Kier alpha value is -2.29. The summed E-state index contributed by atoms with van der Waals surface area (Å²) >= 11 is 6.28. The van der Waals surface area contributed by atoms with Gasteiger partial charge in [-0.2, -0.15) is 0 Å². The highest BCUT2D eigenvalue weighted by Crippen LogP contribution is 2.41. The van der Waals surface area contributed by atoms with Crippen LogP contribution in [0, 0.1) is 11.8 Å². The standard InChI is InChI=1S/C29H37ClN2O5S/c30-24-11-8-23-19-37-28-13-10-21-17-26(28)32(14-4-3-6-20(23)16-24)18-22-9-12-25(22)27(33)7-2-1-5-15-38(35,36)31-29(21)34/h8,10-11,13,16-17,22,25,27,33H,1-7,9,12,14-15,18-19H2,(H,31,34)/t22-,25+,27-/m0/s1. The molecule has 1 aliphatic carbocycles. The van der Waals surface area contributed by atoms with Crippen LogP contribution in [-0.4, -0.2) is 44.4 Å². The van der Waals surface area contributed by atoms with Gasteiger partial charge >= 0.3 is 0 Å². The number of carbonyl (C=O) groups is 1. The van der Waals surface area contributed by atoms with Gasteiger partial charge in [0.05, 0.1) is 17.5 Å². The van der Waals surface area contributed by atoms with Crippen LogP contribution in [0.5, 0.6) is 5.75 Å². The minimum atomic E-state index is -3.75. The summed E-state index contributed by atoms with van der Waals surface area (Å²) < 4.78 is 33.7. The van der Waals surface area contributed by atoms with Gasteiger partial charge in [-0.05, 0) is 98.2 Å². The molecule has 5 rings (SSSR count). The Bertz CT molecular complexity index is 1270. The Labute approximate surface area is 230 Å². The number of hydrogen-bond donors (Lipinski definition) is 2. The van der Waals surface area contributed by atoms with Gasteiger partial charge in [-0.1, -0.05) is 30.5 Å². The number of rotatable bonds is 0. The molecule has 2 aromatic rings. The van der Waals surface area contributed by atoms with Crippen LogP contribution in [0.1, 0.15) is 72.9 Å². The van der Waals surface area contributed by atoms with Crippen LogP contribution in [0.3, 0.4) is 0 Å². The number of ether oxygens (including phenoxy) is 1. The third kappa shape index (κ3) is 6.46. The summed E-state index contributed by atoms with van der Waals surface area (Å²) in [4.78, 5) is 15.3. The Morgan fingerprint density at radius 3 is 2.66 bits per heavy atom. The molecule has 0 saturated heterocycles. The van der Waals surface area contributed by atoms with Crippen molar-refractivity contribution in [1.82, 2.24) is 4.72 Å². The van der Waals surface area contributed by atoms with Crippen LogP contribution in [0.2, 0.25) is 5.02 Å². The maximum atomic E-state index is 13.0. The van der Waals surface area contributed by atoms with Gasteiger partial charge in [-0.25, -0.2) is 13.1 Å². The minimum absolute atomic E-state index is 0.107. The number of aryl methyl sites for hydroxylation is 1. The van der Waals surface area contributed by atoms with Gasteiger partial charge in [0.1, 0.15) is 12.4 Å². The smallest absolute Gasteiger partial charge is 0.264 e. The average molecular weight is 561 g/mol. The Morgan fingerprint density at radius 1 is 0.974 bits per heavy atom. The molecule has 0 spiro atoms. The number of aliphatic hydroxyl groups is 1. The molecule has 2 heterocycles. The molecule has 2 aromatic carbocycles. The number of nitrogens with zero attached hydrogens (tertiary/aromatic N) is 1. The second-order valence-electron chi connectivity index (χ2n) is 11.0. The van der Waals surface area contributed by atoms with E-state index in [-0.39, 0.29) is 17.8 Å². The van der Waals surface area contributed by atoms with Crippen LogP contribution in [0.25, 0.3) is 0 Å². The Kier molecular flexibility index (Phi) is 8.50. The number of aliphatic hydroxyl groups excluding tert-OH is 1. The molecule has 38 heavy (non-hydrogen) atoms. The zero-order valence-electron chi connectivity index (χ0n) is 21.7. The lowest BCUT2D eigenvalue weighted by Gasteiger charge is -2.43. The van der Waals surface area contributed by atoms with E-state index in [2.05, 4.69) is 9.62 Å². The predicted molar refractivity (Wildman–Crippen MR) is 149 cm³/mol. The normalized spacial score (nSPS) is 26.4. The van der Waals surface area contributed by atoms with Crippen molar-refractivity contribution in [2.24, 2.45) is 11.8 Å². The van der Waals surface area contributed by atoms with Crippen molar-refractivity contribution >= 4 is 33.2 Å². The lowest BCUT2D eigenvalue weighted by molar-refractivity contribution is 0.00941. The molecular formula is C29H37ClN2O5S. The summed E-state index contributed by atoms with van der Waals surface area (Å²) in [5.41, 5.74) is 3.35. The first kappa shape index (κ1) is 27.3. The van der Waals surface area contributed by atoms with E-state index >= 15 is 0 Å². The predicted octanol–water partition coefficient (Wildman–Crippen LogP) is 5.08. The number of nitrogens with one attached hydrogen (secondary N) is 1. The van der Waals surface area contributed by atoms with E-state index in [0.717, 1.165) is 62.9 Å². The molecule has 206 valence electrons. The molecule has 2 aliphatic heterocycles. The molecule has 3 atom stereocenters. The fourth-order valence-electron chi connectivity index (χ4n) is 5.98. The fraction of sp³-hybridized carbons (Fsp3) is 0.552. The number of anilines is 1. The van der Waals surface area contributed by atoms with Crippen molar-refractivity contribution in [3.8, 4) is 5.75 Å². The maximum Gasteiger partial charge on any atom is 0.264 e. The molecule has 1 fully saturated rings. The topological polar surface area (TPSA) is 95.9 Å². The van der Waals surface area contributed by atoms with E-state index in [0.29, 0.717) is 48.1 Å². The minimum Gasteiger partial charge on any atom is -0.487 e. The number of fused-ring (bicyclic) bond motifs is 3. The third-order valence-corrected chi connectivity index (χ3v) is 9.88. The molecular weight excluding hydrogens is 524 g/mol. The van der Waals surface area contributed by atoms with Crippen molar-refractivity contribution in [2.75, 3.05) is 23.7 Å². The highest BCUT2D eigenvalue weighted by Gasteiger charge is 2.37. The summed E-state index contributed by atoms with van der Waals surface area (Å²) in [5.74, 6) is 0.539. The van der Waals surface area contributed by atoms with Gasteiger partial charge in [0.15, 0.2) is 0 Å². The second-order valence-corrected chi connectivity index (χ2v) is 13.2. The van der Waals surface area contributed by atoms with Crippen LogP contribution >= 0.6 is 11.6 Å². The molecule has 2 N–H and O–H groups in total. The molecule has 1 saturated carbocycles. The molecule has 7 nitrogen and oxygen atoms in total. The van der Waals surface area contributed by atoms with E-state index in [1.807, 2.05) is 18.2 Å². The first-order valence-corrected chi connectivity index (χ1v) is 15.8.